The van der Waals surface area contributed by atoms with Crippen LogP contribution in [0.5, 0.6) is 5.75 Å². The average Bonchev–Trinajstić information content (AvgIpc) is 2.96. The zero-order valence-electron chi connectivity index (χ0n) is 15.5. The highest BCUT2D eigenvalue weighted by Crippen LogP contribution is 2.38. The molecule has 3 atom stereocenters. The van der Waals surface area contributed by atoms with Gasteiger partial charge in [0.2, 0.25) is 17.6 Å². The van der Waals surface area contributed by atoms with Crippen LogP contribution in [0.1, 0.15) is 43.0 Å². The number of fused-ring (bicyclic) bond motifs is 1. The number of likely N-dealkylation sites (tertiary alicyclic amines) is 1. The summed E-state index contributed by atoms with van der Waals surface area (Å²) in [6.45, 7) is 0.982. The fourth-order valence-corrected chi connectivity index (χ4v) is 3.89. The molecule has 1 aliphatic heterocycles. The summed E-state index contributed by atoms with van der Waals surface area (Å²) >= 11 is 0. The minimum atomic E-state index is -1.04. The molecule has 27 heavy (non-hydrogen) atoms. The van der Waals surface area contributed by atoms with E-state index in [9.17, 15) is 19.2 Å². The first-order valence-corrected chi connectivity index (χ1v) is 9.15. The van der Waals surface area contributed by atoms with Gasteiger partial charge in [0.15, 0.2) is 6.61 Å². The molecule has 0 N–H and O–H groups in total. The molecule has 1 aromatic carbocycles. The third kappa shape index (κ3) is 3.59. The van der Waals surface area contributed by atoms with Crippen LogP contribution in [0.15, 0.2) is 24.3 Å². The van der Waals surface area contributed by atoms with Crippen LogP contribution in [-0.4, -0.2) is 48.2 Å². The number of ketones is 1. The summed E-state index contributed by atoms with van der Waals surface area (Å²) in [5.74, 6) is -2.04. The molecular weight excluding hydrogens is 350 g/mol. The molecule has 1 saturated heterocycles. The summed E-state index contributed by atoms with van der Waals surface area (Å²) < 4.78 is 10.2. The highest BCUT2D eigenvalue weighted by molar-refractivity contribution is 6.08. The summed E-state index contributed by atoms with van der Waals surface area (Å²) in [7, 11) is 1.45. The van der Waals surface area contributed by atoms with E-state index in [0.29, 0.717) is 24.2 Å². The van der Waals surface area contributed by atoms with Gasteiger partial charge in [-0.1, -0.05) is 25.0 Å². The second-order valence-electron chi connectivity index (χ2n) is 6.95. The number of carbonyl (C=O) groups excluding carboxylic acids is 4. The monoisotopic (exact) mass is 373 g/mol. The predicted molar refractivity (Wildman–Crippen MR) is 95.0 cm³/mol. The molecule has 3 rings (SSSR count). The number of Topliss-reactive ketones (excluding diaryl/α,β-unsaturated/α-hetero) is 1. The van der Waals surface area contributed by atoms with Crippen molar-refractivity contribution in [1.29, 1.82) is 0 Å². The van der Waals surface area contributed by atoms with E-state index in [1.54, 1.807) is 24.3 Å². The van der Waals surface area contributed by atoms with Crippen molar-refractivity contribution in [3.8, 4) is 5.75 Å². The lowest BCUT2D eigenvalue weighted by atomic mass is 9.81. The fraction of sp³-hybridized carbons (Fsp3) is 0.500. The molecular formula is C20H23NO6. The first-order valence-electron chi connectivity index (χ1n) is 9.15. The number of ether oxygens (including phenoxy) is 2. The van der Waals surface area contributed by atoms with E-state index >= 15 is 0 Å². The lowest BCUT2D eigenvalue weighted by molar-refractivity contribution is -0.157. The van der Waals surface area contributed by atoms with Crippen LogP contribution in [0.4, 0.5) is 0 Å². The van der Waals surface area contributed by atoms with Gasteiger partial charge in [0, 0.05) is 0 Å². The van der Waals surface area contributed by atoms with Gasteiger partial charge >= 0.3 is 5.97 Å². The van der Waals surface area contributed by atoms with Crippen molar-refractivity contribution in [3.63, 3.8) is 0 Å². The highest BCUT2D eigenvalue weighted by atomic mass is 16.5. The van der Waals surface area contributed by atoms with Gasteiger partial charge in [-0.2, -0.15) is 0 Å². The Labute approximate surface area is 157 Å². The molecule has 0 bridgehead atoms. The summed E-state index contributed by atoms with van der Waals surface area (Å²) in [4.78, 5) is 50.8. The Morgan fingerprint density at radius 3 is 2.30 bits per heavy atom. The first kappa shape index (κ1) is 19.1. The Bertz CT molecular complexity index is 749. The van der Waals surface area contributed by atoms with Crippen LogP contribution in [0.3, 0.4) is 0 Å². The molecule has 7 heteroatoms. The van der Waals surface area contributed by atoms with E-state index in [0.717, 1.165) is 17.7 Å². The van der Waals surface area contributed by atoms with Crippen molar-refractivity contribution >= 4 is 23.6 Å². The maximum absolute atomic E-state index is 12.6. The van der Waals surface area contributed by atoms with Crippen LogP contribution in [0.25, 0.3) is 0 Å². The Kier molecular flexibility index (Phi) is 5.58. The molecule has 1 aromatic rings. The summed E-state index contributed by atoms with van der Waals surface area (Å²) in [6.07, 6.45) is 3.19. The molecule has 1 heterocycles. The summed E-state index contributed by atoms with van der Waals surface area (Å²) in [5.41, 5.74) is 0.305. The number of carbonyl (C=O) groups is 4. The molecule has 2 aliphatic rings. The van der Waals surface area contributed by atoms with Gasteiger partial charge < -0.3 is 9.47 Å². The number of nitrogens with zero attached hydrogens (tertiary/aromatic N) is 1. The minimum Gasteiger partial charge on any atom is -0.496 e. The molecule has 0 spiro atoms. The largest absolute Gasteiger partial charge is 0.496 e. The number of hydrogen-bond donors (Lipinski definition) is 0. The predicted octanol–water partition coefficient (Wildman–Crippen LogP) is 1.98. The number of amides is 2. The Hall–Kier alpha value is -2.70. The van der Waals surface area contributed by atoms with Crippen LogP contribution in [0, 0.1) is 11.8 Å². The zero-order chi connectivity index (χ0) is 19.6. The second kappa shape index (κ2) is 7.90. The van der Waals surface area contributed by atoms with E-state index in [2.05, 4.69) is 0 Å². The maximum atomic E-state index is 12.6. The van der Waals surface area contributed by atoms with Crippen molar-refractivity contribution in [2.24, 2.45) is 11.8 Å². The van der Waals surface area contributed by atoms with E-state index in [1.165, 1.54) is 14.0 Å². The van der Waals surface area contributed by atoms with Crippen molar-refractivity contribution in [1.82, 2.24) is 4.90 Å². The molecule has 2 amide bonds. The lowest BCUT2D eigenvalue weighted by Crippen LogP contribution is -2.44. The van der Waals surface area contributed by atoms with Gasteiger partial charge in [-0.25, -0.2) is 4.79 Å². The fourth-order valence-electron chi connectivity index (χ4n) is 3.89. The molecule has 1 aliphatic carbocycles. The van der Waals surface area contributed by atoms with E-state index in [4.69, 9.17) is 9.47 Å². The van der Waals surface area contributed by atoms with Crippen LogP contribution in [-0.2, 0) is 19.1 Å². The maximum Gasteiger partial charge on any atom is 0.329 e. The summed E-state index contributed by atoms with van der Waals surface area (Å²) in [5, 5.41) is 0. The van der Waals surface area contributed by atoms with E-state index < -0.39 is 24.4 Å². The zero-order valence-corrected chi connectivity index (χ0v) is 15.5. The van der Waals surface area contributed by atoms with Crippen LogP contribution in [0.2, 0.25) is 0 Å². The Morgan fingerprint density at radius 1 is 1.11 bits per heavy atom. The Balaban J connectivity index is 1.63. The van der Waals surface area contributed by atoms with E-state index in [1.807, 2.05) is 0 Å². The van der Waals surface area contributed by atoms with Gasteiger partial charge in [-0.3, -0.25) is 19.3 Å². The van der Waals surface area contributed by atoms with Crippen molar-refractivity contribution < 1.29 is 28.7 Å². The van der Waals surface area contributed by atoms with Gasteiger partial charge in [-0.05, 0) is 31.9 Å². The van der Waals surface area contributed by atoms with E-state index in [-0.39, 0.29) is 23.7 Å². The smallest absolute Gasteiger partial charge is 0.329 e. The third-order valence-corrected chi connectivity index (χ3v) is 5.36. The van der Waals surface area contributed by atoms with Crippen LogP contribution >= 0.6 is 0 Å². The van der Waals surface area contributed by atoms with Gasteiger partial charge in [0.05, 0.1) is 24.5 Å². The van der Waals surface area contributed by atoms with Gasteiger partial charge in [0.25, 0.3) is 0 Å². The number of imide groups is 1. The number of para-hydroxylation sites is 1. The SMILES string of the molecule is COc1ccccc1C(=O)COC(=O)[C@H](C)N1C(=O)[C@@H]2CCCC[C@H]2C1=O. The lowest BCUT2D eigenvalue weighted by Gasteiger charge is -2.21. The molecule has 2 fully saturated rings. The molecule has 0 aromatic heterocycles. The van der Waals surface area contributed by atoms with Gasteiger partial charge in [0.1, 0.15) is 11.8 Å². The quantitative estimate of drug-likeness (QED) is 0.430. The number of esters is 1. The van der Waals surface area contributed by atoms with Crippen molar-refractivity contribution in [2.75, 3.05) is 13.7 Å². The summed E-state index contributed by atoms with van der Waals surface area (Å²) in [6, 6.07) is 5.59. The van der Waals surface area contributed by atoms with Gasteiger partial charge in [-0.15, -0.1) is 0 Å². The third-order valence-electron chi connectivity index (χ3n) is 5.36. The number of rotatable bonds is 6. The number of hydrogen-bond acceptors (Lipinski definition) is 6. The Morgan fingerprint density at radius 2 is 1.70 bits per heavy atom. The van der Waals surface area contributed by atoms with Crippen LogP contribution < -0.4 is 4.74 Å². The molecule has 0 unspecified atom stereocenters. The number of benzene rings is 1. The second-order valence-corrected chi connectivity index (χ2v) is 6.95. The molecule has 0 radical (unpaired) electrons. The number of methoxy groups -OCH3 is 1. The molecule has 1 saturated carbocycles. The molecule has 7 nitrogen and oxygen atoms in total. The minimum absolute atomic E-state index is 0.301. The standard InChI is InChI=1S/C20H23NO6/c1-12(21-18(23)13-7-3-4-8-14(13)19(21)24)20(25)27-11-16(22)15-9-5-6-10-17(15)26-2/h5-6,9-10,12-14H,3-4,7-8,11H2,1-2H3/t12-,13+,14+/m0/s1. The first-order chi connectivity index (χ1) is 13.0. The average molecular weight is 373 g/mol. The molecule has 144 valence electrons. The highest BCUT2D eigenvalue weighted by Gasteiger charge is 2.51. The van der Waals surface area contributed by atoms with Crippen molar-refractivity contribution in [3.05, 3.63) is 29.8 Å². The van der Waals surface area contributed by atoms with Crippen molar-refractivity contribution in [2.45, 2.75) is 38.6 Å². The topological polar surface area (TPSA) is 90.0 Å². The normalized spacial score (nSPS) is 23.0.